The highest BCUT2D eigenvalue weighted by Crippen LogP contribution is 2.23. The van der Waals surface area contributed by atoms with Crippen molar-refractivity contribution < 1.29 is 28.4 Å². The SMILES string of the molecule is CCOC(=O)C(F)(F)CCCB(O)O. The van der Waals surface area contributed by atoms with Gasteiger partial charge < -0.3 is 14.8 Å². The van der Waals surface area contributed by atoms with Gasteiger partial charge in [0.1, 0.15) is 0 Å². The monoisotopic (exact) mass is 210 g/mol. The lowest BCUT2D eigenvalue weighted by Crippen LogP contribution is -2.31. The van der Waals surface area contributed by atoms with Gasteiger partial charge in [-0.25, -0.2) is 4.79 Å². The first-order chi connectivity index (χ1) is 6.40. The van der Waals surface area contributed by atoms with Crippen molar-refractivity contribution in [1.82, 2.24) is 0 Å². The number of carbonyl (C=O) groups is 1. The Bertz CT molecular complexity index is 187. The van der Waals surface area contributed by atoms with Gasteiger partial charge in [0.15, 0.2) is 0 Å². The van der Waals surface area contributed by atoms with E-state index in [1.165, 1.54) is 6.92 Å². The molecular formula is C7H13BF2O4. The van der Waals surface area contributed by atoms with Gasteiger partial charge in [0.25, 0.3) is 0 Å². The molecule has 4 nitrogen and oxygen atoms in total. The molecular weight excluding hydrogens is 197 g/mol. The van der Waals surface area contributed by atoms with Crippen LogP contribution >= 0.6 is 0 Å². The van der Waals surface area contributed by atoms with Gasteiger partial charge >= 0.3 is 19.0 Å². The van der Waals surface area contributed by atoms with E-state index >= 15 is 0 Å². The summed E-state index contributed by atoms with van der Waals surface area (Å²) in [7, 11) is -1.62. The van der Waals surface area contributed by atoms with Crippen LogP contribution in [0.1, 0.15) is 19.8 Å². The fraction of sp³-hybridized carbons (Fsp3) is 0.857. The second-order valence-electron chi connectivity index (χ2n) is 2.80. The summed E-state index contributed by atoms with van der Waals surface area (Å²) in [4.78, 5) is 10.6. The number of hydrogen-bond donors (Lipinski definition) is 2. The van der Waals surface area contributed by atoms with E-state index < -0.39 is 25.4 Å². The molecule has 0 aliphatic carbocycles. The van der Waals surface area contributed by atoms with Crippen LogP contribution in [0.5, 0.6) is 0 Å². The van der Waals surface area contributed by atoms with Gasteiger partial charge in [-0.1, -0.05) is 0 Å². The van der Waals surface area contributed by atoms with E-state index in [1.54, 1.807) is 0 Å². The van der Waals surface area contributed by atoms with Crippen LogP contribution in [0.15, 0.2) is 0 Å². The third-order valence-corrected chi connectivity index (χ3v) is 1.53. The standard InChI is InChI=1S/C7H13BF2O4/c1-2-14-6(11)7(9,10)4-3-5-8(12)13/h12-13H,2-5H2,1H3. The van der Waals surface area contributed by atoms with Crippen molar-refractivity contribution in [2.75, 3.05) is 6.61 Å². The summed E-state index contributed by atoms with van der Waals surface area (Å²) >= 11 is 0. The molecule has 0 unspecified atom stereocenters. The highest BCUT2D eigenvalue weighted by atomic mass is 19.3. The maximum absolute atomic E-state index is 12.8. The number of carbonyl (C=O) groups excluding carboxylic acids is 1. The molecule has 0 aromatic heterocycles. The van der Waals surface area contributed by atoms with Crippen LogP contribution in [-0.4, -0.2) is 35.7 Å². The Morgan fingerprint density at radius 3 is 2.50 bits per heavy atom. The normalized spacial score (nSPS) is 11.2. The maximum atomic E-state index is 12.8. The Kier molecular flexibility index (Phi) is 5.63. The van der Waals surface area contributed by atoms with Crippen LogP contribution in [0.4, 0.5) is 8.78 Å². The fourth-order valence-electron chi connectivity index (χ4n) is 0.845. The zero-order chi connectivity index (χ0) is 11.2. The van der Waals surface area contributed by atoms with Crippen molar-refractivity contribution >= 4 is 13.1 Å². The van der Waals surface area contributed by atoms with Crippen molar-refractivity contribution in [2.45, 2.75) is 32.0 Å². The Morgan fingerprint density at radius 1 is 1.50 bits per heavy atom. The van der Waals surface area contributed by atoms with Gasteiger partial charge in [-0.3, -0.25) is 0 Å². The second-order valence-corrected chi connectivity index (χ2v) is 2.80. The number of rotatable bonds is 6. The Morgan fingerprint density at radius 2 is 2.07 bits per heavy atom. The zero-order valence-electron chi connectivity index (χ0n) is 7.87. The van der Waals surface area contributed by atoms with Crippen molar-refractivity contribution in [3.8, 4) is 0 Å². The van der Waals surface area contributed by atoms with Gasteiger partial charge in [-0.05, 0) is 19.7 Å². The molecule has 0 aliphatic heterocycles. The molecule has 0 aromatic carbocycles. The first kappa shape index (κ1) is 13.3. The van der Waals surface area contributed by atoms with E-state index in [4.69, 9.17) is 10.0 Å². The molecule has 0 saturated carbocycles. The van der Waals surface area contributed by atoms with Gasteiger partial charge in [-0.15, -0.1) is 0 Å². The first-order valence-electron chi connectivity index (χ1n) is 4.31. The van der Waals surface area contributed by atoms with E-state index in [9.17, 15) is 13.6 Å². The quantitative estimate of drug-likeness (QED) is 0.493. The molecule has 0 amide bonds. The van der Waals surface area contributed by atoms with Crippen LogP contribution < -0.4 is 0 Å². The van der Waals surface area contributed by atoms with E-state index in [0.29, 0.717) is 0 Å². The molecule has 0 heterocycles. The second kappa shape index (κ2) is 5.92. The van der Waals surface area contributed by atoms with Gasteiger partial charge in [-0.2, -0.15) is 8.78 Å². The predicted molar refractivity (Wildman–Crippen MR) is 45.8 cm³/mol. The van der Waals surface area contributed by atoms with Gasteiger partial charge in [0.2, 0.25) is 0 Å². The smallest absolute Gasteiger partial charge is 0.451 e. The molecule has 0 fully saturated rings. The molecule has 0 bridgehead atoms. The van der Waals surface area contributed by atoms with Crippen LogP contribution in [0.3, 0.4) is 0 Å². The lowest BCUT2D eigenvalue weighted by atomic mass is 9.83. The Balaban J connectivity index is 3.87. The molecule has 2 N–H and O–H groups in total. The van der Waals surface area contributed by atoms with E-state index in [2.05, 4.69) is 4.74 Å². The summed E-state index contributed by atoms with van der Waals surface area (Å²) in [6.45, 7) is 1.34. The number of esters is 1. The molecule has 0 rings (SSSR count). The van der Waals surface area contributed by atoms with Crippen molar-refractivity contribution in [3.05, 3.63) is 0 Å². The van der Waals surface area contributed by atoms with E-state index in [1.807, 2.05) is 0 Å². The van der Waals surface area contributed by atoms with Crippen LogP contribution in [-0.2, 0) is 9.53 Å². The Labute approximate surface area is 81.0 Å². The largest absolute Gasteiger partial charge is 0.462 e. The topological polar surface area (TPSA) is 66.8 Å². The minimum atomic E-state index is -3.54. The average molecular weight is 210 g/mol. The molecule has 82 valence electrons. The van der Waals surface area contributed by atoms with Gasteiger partial charge in [0, 0.05) is 6.42 Å². The van der Waals surface area contributed by atoms with Crippen LogP contribution in [0, 0.1) is 0 Å². The summed E-state index contributed by atoms with van der Waals surface area (Å²) in [5.41, 5.74) is 0. The third kappa shape index (κ3) is 5.13. The number of alkyl halides is 2. The maximum Gasteiger partial charge on any atom is 0.451 e. The Hall–Kier alpha value is -0.685. The van der Waals surface area contributed by atoms with Crippen LogP contribution in [0.25, 0.3) is 0 Å². The summed E-state index contributed by atoms with van der Waals surface area (Å²) in [6, 6.07) is 0. The highest BCUT2D eigenvalue weighted by molar-refractivity contribution is 6.40. The summed E-state index contributed by atoms with van der Waals surface area (Å²) < 4.78 is 29.8. The summed E-state index contributed by atoms with van der Waals surface area (Å²) in [5, 5.41) is 16.8. The molecule has 0 saturated heterocycles. The first-order valence-corrected chi connectivity index (χ1v) is 4.31. The molecule has 0 aromatic rings. The molecule has 14 heavy (non-hydrogen) atoms. The number of ether oxygens (including phenoxy) is 1. The molecule has 0 aliphatic rings. The van der Waals surface area contributed by atoms with Crippen molar-refractivity contribution in [2.24, 2.45) is 0 Å². The average Bonchev–Trinajstić information content (AvgIpc) is 2.03. The molecule has 0 spiro atoms. The van der Waals surface area contributed by atoms with Crippen LogP contribution in [0.2, 0.25) is 6.32 Å². The van der Waals surface area contributed by atoms with Crippen molar-refractivity contribution in [3.63, 3.8) is 0 Å². The molecule has 0 atom stereocenters. The highest BCUT2D eigenvalue weighted by Gasteiger charge is 2.39. The third-order valence-electron chi connectivity index (χ3n) is 1.53. The molecule has 7 heteroatoms. The lowest BCUT2D eigenvalue weighted by Gasteiger charge is -2.13. The van der Waals surface area contributed by atoms with Crippen molar-refractivity contribution in [1.29, 1.82) is 0 Å². The lowest BCUT2D eigenvalue weighted by molar-refractivity contribution is -0.172. The number of halogens is 2. The number of hydrogen-bond acceptors (Lipinski definition) is 4. The predicted octanol–water partition coefficient (Wildman–Crippen LogP) is 0.438. The zero-order valence-corrected chi connectivity index (χ0v) is 7.87. The minimum Gasteiger partial charge on any atom is -0.462 e. The summed E-state index contributed by atoms with van der Waals surface area (Å²) in [6.07, 6.45) is -1.07. The fourth-order valence-corrected chi connectivity index (χ4v) is 0.845. The minimum absolute atomic E-state index is 0.100. The summed E-state index contributed by atoms with van der Waals surface area (Å²) in [5.74, 6) is -5.10. The van der Waals surface area contributed by atoms with E-state index in [-0.39, 0.29) is 19.3 Å². The molecule has 0 radical (unpaired) electrons. The van der Waals surface area contributed by atoms with E-state index in [0.717, 1.165) is 0 Å². The van der Waals surface area contributed by atoms with Gasteiger partial charge in [0.05, 0.1) is 6.61 Å².